The van der Waals surface area contributed by atoms with Gasteiger partial charge in [-0.15, -0.1) is 0 Å². The Bertz CT molecular complexity index is 1130. The summed E-state index contributed by atoms with van der Waals surface area (Å²) in [6, 6.07) is 9.03. The van der Waals surface area contributed by atoms with Crippen molar-refractivity contribution in [2.75, 3.05) is 40.1 Å². The largest absolute Gasteiger partial charge is 0.495 e. The molecule has 4 rings (SSSR count). The highest BCUT2D eigenvalue weighted by Gasteiger charge is 2.19. The number of carbonyl (C=O) groups is 1. The van der Waals surface area contributed by atoms with Crippen molar-refractivity contribution in [1.29, 1.82) is 0 Å². The van der Waals surface area contributed by atoms with Crippen LogP contribution in [0.15, 0.2) is 36.5 Å². The van der Waals surface area contributed by atoms with E-state index < -0.39 is 6.04 Å². The molecular weight excluding hydrogens is 392 g/mol. The number of likely N-dealkylation sites (N-methyl/N-ethyl adjacent to an activating group) is 2. The van der Waals surface area contributed by atoms with Crippen molar-refractivity contribution in [3.63, 3.8) is 0 Å². The molecule has 0 radical (unpaired) electrons. The van der Waals surface area contributed by atoms with Crippen molar-refractivity contribution < 1.29 is 9.53 Å². The average Bonchev–Trinajstić information content (AvgIpc) is 2.77. The molecule has 0 spiro atoms. The van der Waals surface area contributed by atoms with Gasteiger partial charge in [-0.2, -0.15) is 0 Å². The first-order chi connectivity index (χ1) is 14.9. The number of hydrogen-bond donors (Lipinski definition) is 2. The molecule has 3 aromatic rings. The Hall–Kier alpha value is -3.23. The van der Waals surface area contributed by atoms with Crippen LogP contribution in [0.1, 0.15) is 22.7 Å². The topological polar surface area (TPSA) is 96.6 Å². The number of aromatic nitrogens is 2. The SMILES string of the molecule is COc1cc2c(cc1Nc1ncc3ccc(C(N)C(=O)N(C)C)cc3n1)CN(C)CC2. The van der Waals surface area contributed by atoms with Crippen molar-refractivity contribution in [2.45, 2.75) is 19.0 Å². The number of benzene rings is 2. The van der Waals surface area contributed by atoms with Gasteiger partial charge in [0.05, 0.1) is 18.3 Å². The van der Waals surface area contributed by atoms with Gasteiger partial charge in [-0.05, 0) is 48.4 Å². The van der Waals surface area contributed by atoms with Crippen molar-refractivity contribution in [1.82, 2.24) is 19.8 Å². The minimum absolute atomic E-state index is 0.157. The lowest BCUT2D eigenvalue weighted by molar-refractivity contribution is -0.130. The molecule has 0 fully saturated rings. The Labute approximate surface area is 182 Å². The van der Waals surface area contributed by atoms with E-state index in [1.165, 1.54) is 16.0 Å². The van der Waals surface area contributed by atoms with Crippen LogP contribution < -0.4 is 15.8 Å². The molecule has 0 bridgehead atoms. The fraction of sp³-hybridized carbons (Fsp3) is 0.348. The van der Waals surface area contributed by atoms with Gasteiger partial charge in [0.1, 0.15) is 11.8 Å². The number of anilines is 2. The first-order valence-corrected chi connectivity index (χ1v) is 10.2. The van der Waals surface area contributed by atoms with Crippen LogP contribution in [-0.2, 0) is 17.8 Å². The number of nitrogens with zero attached hydrogens (tertiary/aromatic N) is 4. The van der Waals surface area contributed by atoms with Crippen LogP contribution >= 0.6 is 0 Å². The molecule has 1 aliphatic rings. The van der Waals surface area contributed by atoms with Crippen molar-refractivity contribution >= 4 is 28.4 Å². The molecule has 1 atom stereocenters. The van der Waals surface area contributed by atoms with Crippen LogP contribution in [0, 0.1) is 0 Å². The van der Waals surface area contributed by atoms with Gasteiger partial charge >= 0.3 is 0 Å². The maximum atomic E-state index is 12.2. The number of carbonyl (C=O) groups excluding carboxylic acids is 1. The van der Waals surface area contributed by atoms with E-state index in [-0.39, 0.29) is 5.91 Å². The molecule has 2 aromatic carbocycles. The Kier molecular flexibility index (Phi) is 5.75. The van der Waals surface area contributed by atoms with Gasteiger partial charge in [0, 0.05) is 38.8 Å². The lowest BCUT2D eigenvalue weighted by Gasteiger charge is -2.26. The molecule has 1 aliphatic heterocycles. The number of fused-ring (bicyclic) bond motifs is 2. The molecule has 3 N–H and O–H groups in total. The summed E-state index contributed by atoms with van der Waals surface area (Å²) in [4.78, 5) is 25.1. The highest BCUT2D eigenvalue weighted by atomic mass is 16.5. The molecule has 162 valence electrons. The van der Waals surface area contributed by atoms with E-state index >= 15 is 0 Å². The Balaban J connectivity index is 1.66. The monoisotopic (exact) mass is 420 g/mol. The molecule has 0 saturated heterocycles. The number of rotatable bonds is 5. The number of nitrogens with one attached hydrogen (secondary N) is 1. The summed E-state index contributed by atoms with van der Waals surface area (Å²) < 4.78 is 5.61. The first-order valence-electron chi connectivity index (χ1n) is 10.2. The summed E-state index contributed by atoms with van der Waals surface area (Å²) >= 11 is 0. The van der Waals surface area contributed by atoms with E-state index in [1.54, 1.807) is 27.4 Å². The van der Waals surface area contributed by atoms with Gasteiger partial charge in [0.25, 0.3) is 0 Å². The van der Waals surface area contributed by atoms with Gasteiger partial charge in [-0.25, -0.2) is 9.97 Å². The predicted molar refractivity (Wildman–Crippen MR) is 121 cm³/mol. The molecule has 0 saturated carbocycles. The smallest absolute Gasteiger partial charge is 0.243 e. The van der Waals surface area contributed by atoms with Crippen LogP contribution in [0.2, 0.25) is 0 Å². The standard InChI is InChI=1S/C23H28N6O2/c1-28(2)22(30)21(24)15-5-6-16-12-25-23(26-18(16)9-15)27-19-10-17-13-29(3)8-7-14(17)11-20(19)31-4/h5-6,9-12,21H,7-8,13,24H2,1-4H3,(H,25,26,27). The summed E-state index contributed by atoms with van der Waals surface area (Å²) in [5.74, 6) is 1.06. The van der Waals surface area contributed by atoms with Crippen LogP contribution in [0.5, 0.6) is 5.75 Å². The Morgan fingerprint density at radius 2 is 2.06 bits per heavy atom. The maximum Gasteiger partial charge on any atom is 0.243 e. The van der Waals surface area contributed by atoms with Crippen LogP contribution in [0.3, 0.4) is 0 Å². The molecule has 2 heterocycles. The van der Waals surface area contributed by atoms with Gasteiger partial charge in [0.2, 0.25) is 11.9 Å². The second-order valence-corrected chi connectivity index (χ2v) is 8.16. The zero-order valence-electron chi connectivity index (χ0n) is 18.3. The number of methoxy groups -OCH3 is 1. The summed E-state index contributed by atoms with van der Waals surface area (Å²) in [6.07, 6.45) is 2.76. The van der Waals surface area contributed by atoms with Crippen molar-refractivity contribution in [2.24, 2.45) is 5.73 Å². The Morgan fingerprint density at radius 1 is 1.26 bits per heavy atom. The second kappa shape index (κ2) is 8.49. The predicted octanol–water partition coefficient (Wildman–Crippen LogP) is 2.46. The molecule has 1 unspecified atom stereocenters. The summed E-state index contributed by atoms with van der Waals surface area (Å²) in [5.41, 5.74) is 11.0. The molecule has 0 aliphatic carbocycles. The van der Waals surface area contributed by atoms with E-state index in [4.69, 9.17) is 10.5 Å². The van der Waals surface area contributed by atoms with Gasteiger partial charge in [-0.3, -0.25) is 4.79 Å². The fourth-order valence-corrected chi connectivity index (χ4v) is 3.83. The van der Waals surface area contributed by atoms with Crippen LogP contribution in [-0.4, -0.2) is 60.5 Å². The van der Waals surface area contributed by atoms with E-state index in [2.05, 4.69) is 39.4 Å². The number of nitrogens with two attached hydrogens (primary N) is 1. The minimum atomic E-state index is -0.733. The lowest BCUT2D eigenvalue weighted by atomic mass is 9.99. The van der Waals surface area contributed by atoms with E-state index in [9.17, 15) is 4.79 Å². The van der Waals surface area contributed by atoms with Gasteiger partial charge in [-0.1, -0.05) is 12.1 Å². The number of hydrogen-bond acceptors (Lipinski definition) is 7. The van der Waals surface area contributed by atoms with Crippen molar-refractivity contribution in [3.8, 4) is 5.75 Å². The first kappa shape index (κ1) is 21.0. The normalized spacial score (nSPS) is 14.7. The van der Waals surface area contributed by atoms with Gasteiger partial charge in [0.15, 0.2) is 0 Å². The molecule has 8 nitrogen and oxygen atoms in total. The minimum Gasteiger partial charge on any atom is -0.495 e. The molecular formula is C23H28N6O2. The second-order valence-electron chi connectivity index (χ2n) is 8.16. The third kappa shape index (κ3) is 4.30. The quantitative estimate of drug-likeness (QED) is 0.654. The third-order valence-corrected chi connectivity index (χ3v) is 5.64. The third-order valence-electron chi connectivity index (χ3n) is 5.64. The van der Waals surface area contributed by atoms with E-state index in [0.29, 0.717) is 17.0 Å². The van der Waals surface area contributed by atoms with Gasteiger partial charge < -0.3 is 25.6 Å². The maximum absolute atomic E-state index is 12.2. The summed E-state index contributed by atoms with van der Waals surface area (Å²) in [5, 5.41) is 4.17. The number of ether oxygens (including phenoxy) is 1. The molecule has 1 aromatic heterocycles. The van der Waals surface area contributed by atoms with Crippen LogP contribution in [0.25, 0.3) is 10.9 Å². The van der Waals surface area contributed by atoms with Crippen molar-refractivity contribution in [3.05, 3.63) is 53.2 Å². The summed E-state index contributed by atoms with van der Waals surface area (Å²) in [6.45, 7) is 1.94. The Morgan fingerprint density at radius 3 is 2.81 bits per heavy atom. The number of amides is 1. The fourth-order valence-electron chi connectivity index (χ4n) is 3.83. The molecule has 31 heavy (non-hydrogen) atoms. The summed E-state index contributed by atoms with van der Waals surface area (Å²) in [7, 11) is 7.17. The average molecular weight is 421 g/mol. The van der Waals surface area contributed by atoms with E-state index in [0.717, 1.165) is 36.3 Å². The van der Waals surface area contributed by atoms with Crippen LogP contribution in [0.4, 0.5) is 11.6 Å². The molecule has 8 heteroatoms. The molecule has 1 amide bonds. The highest BCUT2D eigenvalue weighted by molar-refractivity contribution is 5.86. The lowest BCUT2D eigenvalue weighted by Crippen LogP contribution is -2.33. The zero-order chi connectivity index (χ0) is 22.1. The van der Waals surface area contributed by atoms with E-state index in [1.807, 2.05) is 18.2 Å². The highest BCUT2D eigenvalue weighted by Crippen LogP contribution is 2.33. The zero-order valence-corrected chi connectivity index (χ0v) is 18.3.